The number of rotatable bonds is 1. The van der Waals surface area contributed by atoms with Crippen molar-refractivity contribution in [3.63, 3.8) is 0 Å². The molecule has 0 aromatic rings. The molecule has 0 aromatic carbocycles. The average molecular weight is 316 g/mol. The van der Waals surface area contributed by atoms with Gasteiger partial charge in [0, 0.05) is 18.8 Å². The monoisotopic (exact) mass is 316 g/mol. The molecule has 4 aliphatic carbocycles. The van der Waals surface area contributed by atoms with Crippen molar-refractivity contribution in [2.45, 2.75) is 78.6 Å². The van der Waals surface area contributed by atoms with Crippen LogP contribution in [0.4, 0.5) is 0 Å². The van der Waals surface area contributed by atoms with Crippen LogP contribution < -0.4 is 0 Å². The van der Waals surface area contributed by atoms with Crippen LogP contribution in [0.3, 0.4) is 0 Å². The maximum atomic E-state index is 12.2. The first-order chi connectivity index (χ1) is 10.9. The van der Waals surface area contributed by atoms with Gasteiger partial charge in [-0.2, -0.15) is 0 Å². The van der Waals surface area contributed by atoms with E-state index in [1.165, 1.54) is 32.1 Å². The van der Waals surface area contributed by atoms with Gasteiger partial charge in [0.1, 0.15) is 11.6 Å². The van der Waals surface area contributed by atoms with Crippen molar-refractivity contribution in [3.05, 3.63) is 0 Å². The van der Waals surface area contributed by atoms with Crippen LogP contribution in [0.5, 0.6) is 0 Å². The molecule has 0 aromatic heterocycles. The molecule has 0 saturated heterocycles. The zero-order valence-corrected chi connectivity index (χ0v) is 15.1. The van der Waals surface area contributed by atoms with Crippen LogP contribution in [0.1, 0.15) is 78.6 Å². The summed E-state index contributed by atoms with van der Waals surface area (Å²) in [5, 5.41) is 0. The second-order valence-electron chi connectivity index (χ2n) is 9.68. The zero-order valence-electron chi connectivity index (χ0n) is 15.1. The molecule has 2 heteroatoms. The highest BCUT2D eigenvalue weighted by Gasteiger charge is 2.60. The number of Topliss-reactive ketones (excluding diaryl/α,β-unsaturated/α-hetero) is 2. The van der Waals surface area contributed by atoms with Crippen LogP contribution in [0.25, 0.3) is 0 Å². The molecule has 4 rings (SSSR count). The number of fused-ring (bicyclic) bond motifs is 5. The number of carbonyl (C=O) groups excluding carboxylic acids is 2. The van der Waals surface area contributed by atoms with Crippen molar-refractivity contribution in [1.29, 1.82) is 0 Å². The predicted octanol–water partition coefficient (Wildman–Crippen LogP) is 4.80. The molecule has 0 amide bonds. The Morgan fingerprint density at radius 3 is 2.43 bits per heavy atom. The summed E-state index contributed by atoms with van der Waals surface area (Å²) in [7, 11) is 0. The van der Waals surface area contributed by atoms with Crippen molar-refractivity contribution < 1.29 is 9.59 Å². The minimum atomic E-state index is 0.265. The summed E-state index contributed by atoms with van der Waals surface area (Å²) >= 11 is 0. The summed E-state index contributed by atoms with van der Waals surface area (Å²) in [5.74, 6) is 4.25. The van der Waals surface area contributed by atoms with E-state index in [4.69, 9.17) is 0 Å². The van der Waals surface area contributed by atoms with Crippen molar-refractivity contribution in [2.24, 2.45) is 40.4 Å². The van der Waals surface area contributed by atoms with Crippen LogP contribution in [-0.2, 0) is 9.59 Å². The normalized spacial score (nSPS) is 52.5. The van der Waals surface area contributed by atoms with Gasteiger partial charge < -0.3 is 0 Å². The van der Waals surface area contributed by atoms with Gasteiger partial charge in [0.25, 0.3) is 0 Å². The third kappa shape index (κ3) is 2.12. The van der Waals surface area contributed by atoms with E-state index < -0.39 is 0 Å². The fourth-order valence-electron chi connectivity index (χ4n) is 7.71. The highest BCUT2D eigenvalue weighted by Crippen LogP contribution is 2.67. The second-order valence-corrected chi connectivity index (χ2v) is 9.68. The molecule has 1 unspecified atom stereocenters. The minimum absolute atomic E-state index is 0.265. The second kappa shape index (κ2) is 5.17. The molecule has 4 saturated carbocycles. The van der Waals surface area contributed by atoms with Gasteiger partial charge in [-0.1, -0.05) is 13.8 Å². The zero-order chi connectivity index (χ0) is 16.4. The van der Waals surface area contributed by atoms with Crippen molar-refractivity contribution >= 4 is 11.6 Å². The molecule has 0 spiro atoms. The Hall–Kier alpha value is -0.660. The molecule has 2 nitrogen and oxygen atoms in total. The molecule has 0 N–H and O–H groups in total. The Labute approximate surface area is 140 Å². The highest BCUT2D eigenvalue weighted by atomic mass is 16.1. The largest absolute Gasteiger partial charge is 0.300 e. The van der Waals surface area contributed by atoms with Gasteiger partial charge in [-0.05, 0) is 86.4 Å². The standard InChI is InChI=1S/C21H32O2/c1-13(22)17-6-7-18-16-5-4-14-12-15(23)8-10-20(14,2)19(16)9-11-21(17,18)3/h14,16-19H,4-12H2,1-3H3/t14-,16+,17?,18+,19+,20+,21-/m1/s1. The van der Waals surface area contributed by atoms with E-state index in [1.54, 1.807) is 0 Å². The molecule has 7 atom stereocenters. The van der Waals surface area contributed by atoms with Crippen LogP contribution in [0.15, 0.2) is 0 Å². The summed E-state index contributed by atoms with van der Waals surface area (Å²) in [4.78, 5) is 24.1. The van der Waals surface area contributed by atoms with Gasteiger partial charge in [0.05, 0.1) is 0 Å². The highest BCUT2D eigenvalue weighted by molar-refractivity contribution is 5.80. The third-order valence-corrected chi connectivity index (χ3v) is 8.97. The average Bonchev–Trinajstić information content (AvgIpc) is 2.85. The number of ketones is 2. The van der Waals surface area contributed by atoms with Crippen molar-refractivity contribution in [3.8, 4) is 0 Å². The van der Waals surface area contributed by atoms with E-state index >= 15 is 0 Å². The van der Waals surface area contributed by atoms with Gasteiger partial charge in [-0.3, -0.25) is 9.59 Å². The maximum absolute atomic E-state index is 12.2. The predicted molar refractivity (Wildman–Crippen MR) is 90.9 cm³/mol. The Balaban J connectivity index is 1.63. The Morgan fingerprint density at radius 2 is 1.70 bits per heavy atom. The van der Waals surface area contributed by atoms with E-state index in [2.05, 4.69) is 13.8 Å². The van der Waals surface area contributed by atoms with E-state index in [0.717, 1.165) is 43.4 Å². The lowest BCUT2D eigenvalue weighted by atomic mass is 9.44. The molecule has 0 radical (unpaired) electrons. The smallest absolute Gasteiger partial charge is 0.133 e. The summed E-state index contributed by atoms with van der Waals surface area (Å²) < 4.78 is 0. The van der Waals surface area contributed by atoms with Gasteiger partial charge in [-0.25, -0.2) is 0 Å². The van der Waals surface area contributed by atoms with Crippen molar-refractivity contribution in [2.75, 3.05) is 0 Å². The van der Waals surface area contributed by atoms with Crippen LogP contribution >= 0.6 is 0 Å². The van der Waals surface area contributed by atoms with E-state index in [1.807, 2.05) is 6.92 Å². The van der Waals surface area contributed by atoms with Crippen LogP contribution in [-0.4, -0.2) is 11.6 Å². The van der Waals surface area contributed by atoms with Gasteiger partial charge in [-0.15, -0.1) is 0 Å². The number of hydrogen-bond donors (Lipinski definition) is 0. The molecule has 4 aliphatic rings. The first-order valence-corrected chi connectivity index (χ1v) is 9.88. The SMILES string of the molecule is CC(=O)C1CC[C@H]2[C@@H]3CC[C@@H]4CC(=O)CC[C@]4(C)[C@H]3CC[C@]12C. The number of carbonyl (C=O) groups is 2. The lowest BCUT2D eigenvalue weighted by Gasteiger charge is -2.60. The fraction of sp³-hybridized carbons (Fsp3) is 0.905. The molecule has 0 aliphatic heterocycles. The van der Waals surface area contributed by atoms with Gasteiger partial charge >= 0.3 is 0 Å². The van der Waals surface area contributed by atoms with E-state index in [-0.39, 0.29) is 5.41 Å². The first-order valence-electron chi connectivity index (χ1n) is 9.88. The molecular formula is C21H32O2. The van der Waals surface area contributed by atoms with Crippen molar-refractivity contribution in [1.82, 2.24) is 0 Å². The summed E-state index contributed by atoms with van der Waals surface area (Å²) in [6.07, 6.45) is 10.3. The van der Waals surface area contributed by atoms with Gasteiger partial charge in [0.15, 0.2) is 0 Å². The summed E-state index contributed by atoms with van der Waals surface area (Å²) in [6.45, 7) is 6.74. The molecule has 23 heavy (non-hydrogen) atoms. The Bertz CT molecular complexity index is 538. The topological polar surface area (TPSA) is 34.1 Å². The maximum Gasteiger partial charge on any atom is 0.133 e. The van der Waals surface area contributed by atoms with Gasteiger partial charge in [0.2, 0.25) is 0 Å². The summed E-state index contributed by atoms with van der Waals surface area (Å²) in [5.41, 5.74) is 0.660. The van der Waals surface area contributed by atoms with Crippen LogP contribution in [0.2, 0.25) is 0 Å². The molecule has 0 heterocycles. The van der Waals surface area contributed by atoms with E-state index in [0.29, 0.717) is 28.8 Å². The fourth-order valence-corrected chi connectivity index (χ4v) is 7.71. The molecule has 4 fully saturated rings. The Kier molecular flexibility index (Phi) is 3.56. The Morgan fingerprint density at radius 1 is 0.957 bits per heavy atom. The first kappa shape index (κ1) is 15.8. The molecule has 0 bridgehead atoms. The quantitative estimate of drug-likeness (QED) is 0.696. The summed E-state index contributed by atoms with van der Waals surface area (Å²) in [6, 6.07) is 0. The number of hydrogen-bond acceptors (Lipinski definition) is 2. The van der Waals surface area contributed by atoms with E-state index in [9.17, 15) is 9.59 Å². The minimum Gasteiger partial charge on any atom is -0.300 e. The lowest BCUT2D eigenvalue weighted by Crippen LogP contribution is -2.53. The third-order valence-electron chi connectivity index (χ3n) is 8.97. The van der Waals surface area contributed by atoms with Crippen LogP contribution in [0, 0.1) is 40.4 Å². The lowest BCUT2D eigenvalue weighted by molar-refractivity contribution is -0.143. The molecular weight excluding hydrogens is 284 g/mol. The molecule has 128 valence electrons.